The summed E-state index contributed by atoms with van der Waals surface area (Å²) in [6.07, 6.45) is 3.00. The molecule has 0 unspecified atom stereocenters. The number of nitrogens with one attached hydrogen (secondary N) is 3. The van der Waals surface area contributed by atoms with Crippen molar-refractivity contribution < 1.29 is 28.3 Å². The summed E-state index contributed by atoms with van der Waals surface area (Å²) in [5.41, 5.74) is 1.68. The largest absolute Gasteiger partial charge is 0.462 e. The van der Waals surface area contributed by atoms with Crippen molar-refractivity contribution in [2.45, 2.75) is 24.7 Å². The summed E-state index contributed by atoms with van der Waals surface area (Å²) in [4.78, 5) is 51.5. The molecule has 4 aromatic carbocycles. The first-order valence-corrected chi connectivity index (χ1v) is 15.2. The Morgan fingerprint density at radius 1 is 0.800 bits per heavy atom. The molecule has 0 atom stereocenters. The van der Waals surface area contributed by atoms with Crippen molar-refractivity contribution in [3.63, 3.8) is 0 Å². The molecular weight excluding hydrogens is 593 g/mol. The number of carbonyl (C=O) groups excluding carboxylic acids is 4. The van der Waals surface area contributed by atoms with Crippen LogP contribution in [0, 0.1) is 5.82 Å². The molecule has 0 aliphatic heterocycles. The van der Waals surface area contributed by atoms with Gasteiger partial charge in [0.15, 0.2) is 0 Å². The second-order valence-corrected chi connectivity index (χ2v) is 10.8. The maximum absolute atomic E-state index is 14.4. The van der Waals surface area contributed by atoms with E-state index in [2.05, 4.69) is 16.0 Å². The first-order valence-electron chi connectivity index (χ1n) is 14.3. The van der Waals surface area contributed by atoms with E-state index in [1.54, 1.807) is 84.9 Å². The zero-order valence-corrected chi connectivity index (χ0v) is 25.4. The average molecular weight is 626 g/mol. The van der Waals surface area contributed by atoms with Crippen LogP contribution in [-0.4, -0.2) is 36.1 Å². The highest BCUT2D eigenvalue weighted by Crippen LogP contribution is 2.23. The summed E-state index contributed by atoms with van der Waals surface area (Å²) < 4.78 is 19.6. The maximum Gasteiger partial charge on any atom is 0.338 e. The Bertz CT molecular complexity index is 1680. The topological polar surface area (TPSA) is 114 Å². The van der Waals surface area contributed by atoms with Crippen LogP contribution in [0.5, 0.6) is 0 Å². The van der Waals surface area contributed by atoms with Gasteiger partial charge in [-0.15, -0.1) is 11.8 Å². The predicted octanol–water partition coefficient (Wildman–Crippen LogP) is 6.92. The van der Waals surface area contributed by atoms with Gasteiger partial charge >= 0.3 is 5.97 Å². The van der Waals surface area contributed by atoms with E-state index in [4.69, 9.17) is 4.74 Å². The Morgan fingerprint density at radius 2 is 1.53 bits per heavy atom. The van der Waals surface area contributed by atoms with E-state index in [1.807, 2.05) is 6.92 Å². The van der Waals surface area contributed by atoms with E-state index in [-0.39, 0.29) is 22.9 Å². The molecule has 8 nitrogen and oxygen atoms in total. The van der Waals surface area contributed by atoms with Crippen LogP contribution in [-0.2, 0) is 14.3 Å². The Balaban J connectivity index is 1.37. The van der Waals surface area contributed by atoms with Crippen LogP contribution in [0.4, 0.5) is 15.8 Å². The quantitative estimate of drug-likeness (QED) is 0.0643. The third-order valence-corrected chi connectivity index (χ3v) is 7.32. The fourth-order valence-electron chi connectivity index (χ4n) is 3.98. The van der Waals surface area contributed by atoms with Crippen molar-refractivity contribution in [1.82, 2.24) is 5.32 Å². The molecule has 4 aromatic rings. The molecule has 230 valence electrons. The zero-order valence-electron chi connectivity index (χ0n) is 24.5. The van der Waals surface area contributed by atoms with Crippen LogP contribution in [0.1, 0.15) is 46.0 Å². The highest BCUT2D eigenvalue weighted by atomic mass is 32.2. The van der Waals surface area contributed by atoms with Gasteiger partial charge in [-0.05, 0) is 73.2 Å². The molecule has 10 heteroatoms. The molecule has 3 amide bonds. The SMILES string of the molecule is CCCCOC(=O)c1ccc(NC(=O)CSc2cccc(NC(=O)/C(=C/c3ccccc3F)NC(=O)c3ccccc3)c2)cc1. The number of hydrogen-bond donors (Lipinski definition) is 3. The zero-order chi connectivity index (χ0) is 32.0. The average Bonchev–Trinajstić information content (AvgIpc) is 3.05. The number of halogens is 1. The van der Waals surface area contributed by atoms with Gasteiger partial charge in [-0.1, -0.05) is 55.8 Å². The summed E-state index contributed by atoms with van der Waals surface area (Å²) >= 11 is 1.26. The highest BCUT2D eigenvalue weighted by molar-refractivity contribution is 8.00. The maximum atomic E-state index is 14.4. The summed E-state index contributed by atoms with van der Waals surface area (Å²) in [6, 6.07) is 27.6. The van der Waals surface area contributed by atoms with Crippen molar-refractivity contribution in [1.29, 1.82) is 0 Å². The molecule has 0 saturated carbocycles. The highest BCUT2D eigenvalue weighted by Gasteiger charge is 2.16. The molecule has 0 saturated heterocycles. The van der Waals surface area contributed by atoms with E-state index in [9.17, 15) is 23.6 Å². The minimum Gasteiger partial charge on any atom is -0.462 e. The lowest BCUT2D eigenvalue weighted by Crippen LogP contribution is -2.30. The number of carbonyl (C=O) groups is 4. The second-order valence-electron chi connectivity index (χ2n) is 9.79. The standard InChI is InChI=1S/C35H32FN3O5S/c1-2-3-20-44-35(43)25-16-18-27(19-17-25)37-32(40)23-45-29-14-9-13-28(22-29)38-34(42)31(21-26-12-7-8-15-30(26)36)39-33(41)24-10-5-4-6-11-24/h4-19,21-22H,2-3,20,23H2,1H3,(H,37,40)(H,38,42)(H,39,41)/b31-21-. The fraction of sp³-hybridized carbons (Fsp3) is 0.143. The summed E-state index contributed by atoms with van der Waals surface area (Å²) in [7, 11) is 0. The van der Waals surface area contributed by atoms with Crippen LogP contribution < -0.4 is 16.0 Å². The number of amides is 3. The predicted molar refractivity (Wildman–Crippen MR) is 174 cm³/mol. The minimum atomic E-state index is -0.653. The molecule has 0 heterocycles. The van der Waals surface area contributed by atoms with Gasteiger partial charge in [0.25, 0.3) is 11.8 Å². The van der Waals surface area contributed by atoms with Crippen molar-refractivity contribution in [2.24, 2.45) is 0 Å². The number of ether oxygens (including phenoxy) is 1. The van der Waals surface area contributed by atoms with Gasteiger partial charge in [0.05, 0.1) is 17.9 Å². The van der Waals surface area contributed by atoms with Crippen molar-refractivity contribution in [2.75, 3.05) is 23.0 Å². The van der Waals surface area contributed by atoms with Crippen LogP contribution in [0.3, 0.4) is 0 Å². The van der Waals surface area contributed by atoms with E-state index in [0.29, 0.717) is 34.0 Å². The number of anilines is 2. The van der Waals surface area contributed by atoms with Gasteiger partial charge in [0.2, 0.25) is 5.91 Å². The number of esters is 1. The van der Waals surface area contributed by atoms with Gasteiger partial charge < -0.3 is 20.7 Å². The van der Waals surface area contributed by atoms with E-state index >= 15 is 0 Å². The summed E-state index contributed by atoms with van der Waals surface area (Å²) in [5, 5.41) is 8.12. The van der Waals surface area contributed by atoms with Gasteiger partial charge in [0.1, 0.15) is 11.5 Å². The summed E-state index contributed by atoms with van der Waals surface area (Å²) in [5.74, 6) is -2.30. The van der Waals surface area contributed by atoms with Crippen LogP contribution in [0.2, 0.25) is 0 Å². The van der Waals surface area contributed by atoms with Crippen molar-refractivity contribution >= 4 is 52.9 Å². The van der Waals surface area contributed by atoms with E-state index in [0.717, 1.165) is 12.8 Å². The number of thioether (sulfide) groups is 1. The summed E-state index contributed by atoms with van der Waals surface area (Å²) in [6.45, 7) is 2.38. The molecule has 0 aliphatic carbocycles. The molecule has 0 spiro atoms. The number of hydrogen-bond acceptors (Lipinski definition) is 6. The van der Waals surface area contributed by atoms with Crippen LogP contribution in [0.15, 0.2) is 114 Å². The third-order valence-electron chi connectivity index (χ3n) is 6.33. The molecule has 0 fully saturated rings. The van der Waals surface area contributed by atoms with Gasteiger partial charge in [0, 0.05) is 27.4 Å². The third kappa shape index (κ3) is 10.2. The molecule has 4 rings (SSSR count). The second kappa shape index (κ2) is 16.6. The Hall–Kier alpha value is -5.22. The molecular formula is C35H32FN3O5S. The number of unbranched alkanes of at least 4 members (excludes halogenated alkanes) is 1. The van der Waals surface area contributed by atoms with Crippen LogP contribution in [0.25, 0.3) is 6.08 Å². The number of benzene rings is 4. The fourth-order valence-corrected chi connectivity index (χ4v) is 4.74. The lowest BCUT2D eigenvalue weighted by molar-refractivity contribution is -0.114. The van der Waals surface area contributed by atoms with Crippen molar-refractivity contribution in [3.05, 3.63) is 131 Å². The molecule has 0 aliphatic rings. The monoisotopic (exact) mass is 625 g/mol. The van der Waals surface area contributed by atoms with Gasteiger partial charge in [-0.3, -0.25) is 14.4 Å². The number of rotatable bonds is 13. The smallest absolute Gasteiger partial charge is 0.338 e. The lowest BCUT2D eigenvalue weighted by Gasteiger charge is -2.12. The molecule has 45 heavy (non-hydrogen) atoms. The van der Waals surface area contributed by atoms with Crippen LogP contribution >= 0.6 is 11.8 Å². The molecule has 0 bridgehead atoms. The van der Waals surface area contributed by atoms with Gasteiger partial charge in [-0.2, -0.15) is 0 Å². The first kappa shape index (κ1) is 32.7. The van der Waals surface area contributed by atoms with E-state index in [1.165, 1.54) is 36.0 Å². The molecule has 3 N–H and O–H groups in total. The van der Waals surface area contributed by atoms with Gasteiger partial charge in [-0.25, -0.2) is 9.18 Å². The minimum absolute atomic E-state index is 0.0871. The van der Waals surface area contributed by atoms with E-state index < -0.39 is 23.6 Å². The Morgan fingerprint density at radius 3 is 2.27 bits per heavy atom. The normalized spacial score (nSPS) is 10.9. The molecule has 0 aromatic heterocycles. The molecule has 0 radical (unpaired) electrons. The lowest BCUT2D eigenvalue weighted by atomic mass is 10.1. The first-order chi connectivity index (χ1) is 21.8. The Labute approximate surface area is 265 Å². The Kier molecular flexibility index (Phi) is 12.0. The van der Waals surface area contributed by atoms with Crippen molar-refractivity contribution in [3.8, 4) is 0 Å².